The highest BCUT2D eigenvalue weighted by atomic mass is 16.5. The molecule has 1 N–H and O–H groups in total. The van der Waals surface area contributed by atoms with Crippen LogP contribution >= 0.6 is 0 Å². The van der Waals surface area contributed by atoms with Crippen LogP contribution < -0.4 is 4.74 Å². The van der Waals surface area contributed by atoms with Gasteiger partial charge in [0, 0.05) is 17.8 Å². The van der Waals surface area contributed by atoms with Crippen molar-refractivity contribution in [3.8, 4) is 22.9 Å². The zero-order chi connectivity index (χ0) is 19.3. The van der Waals surface area contributed by atoms with E-state index >= 15 is 0 Å². The van der Waals surface area contributed by atoms with Gasteiger partial charge in [-0.2, -0.15) is 5.26 Å². The first-order chi connectivity index (χ1) is 13.7. The van der Waals surface area contributed by atoms with Crippen LogP contribution in [0.5, 0.6) is 5.75 Å². The number of nitrogens with zero attached hydrogens (tertiary/aromatic N) is 3. The molecule has 2 heterocycles. The minimum absolute atomic E-state index is 0.112. The Hall–Kier alpha value is -3.43. The number of fused-ring (bicyclic) bond motifs is 3. The van der Waals surface area contributed by atoms with E-state index in [9.17, 15) is 10.1 Å². The Morgan fingerprint density at radius 3 is 2.86 bits per heavy atom. The Morgan fingerprint density at radius 2 is 2.11 bits per heavy atom. The number of amides is 1. The van der Waals surface area contributed by atoms with Crippen molar-refractivity contribution >= 4 is 16.7 Å². The number of hydrogen-bond donors (Lipinski definition) is 1. The smallest absolute Gasteiger partial charge is 0.248 e. The van der Waals surface area contributed by atoms with Gasteiger partial charge in [-0.25, -0.2) is 0 Å². The van der Waals surface area contributed by atoms with E-state index in [1.54, 1.807) is 17.3 Å². The number of carbonyl (C=O) groups is 1. The molecule has 3 aromatic rings. The van der Waals surface area contributed by atoms with Gasteiger partial charge in [0.1, 0.15) is 18.5 Å². The summed E-state index contributed by atoms with van der Waals surface area (Å²) in [6.07, 6.45) is 4.25. The Bertz CT molecular complexity index is 1160. The van der Waals surface area contributed by atoms with Gasteiger partial charge < -0.3 is 14.7 Å². The Labute approximate surface area is 161 Å². The number of hydrogen-bond acceptors (Lipinski definition) is 5. The summed E-state index contributed by atoms with van der Waals surface area (Å²) < 4.78 is 6.18. The first-order valence-corrected chi connectivity index (χ1v) is 9.15. The number of aliphatic hydroxyl groups excluding tert-OH is 1. The summed E-state index contributed by atoms with van der Waals surface area (Å²) >= 11 is 0. The second-order valence-corrected chi connectivity index (χ2v) is 7.22. The molecule has 1 amide bonds. The summed E-state index contributed by atoms with van der Waals surface area (Å²) in [7, 11) is 0. The zero-order valence-electron chi connectivity index (χ0n) is 15.1. The second-order valence-electron chi connectivity index (χ2n) is 7.22. The molecule has 28 heavy (non-hydrogen) atoms. The zero-order valence-corrected chi connectivity index (χ0v) is 15.1. The van der Waals surface area contributed by atoms with Crippen LogP contribution in [-0.2, 0) is 11.2 Å². The van der Waals surface area contributed by atoms with E-state index in [0.29, 0.717) is 13.1 Å². The molecule has 1 aliphatic heterocycles. The lowest BCUT2D eigenvalue weighted by atomic mass is 9.82. The molecule has 6 nitrogen and oxygen atoms in total. The summed E-state index contributed by atoms with van der Waals surface area (Å²) in [5, 5.41) is 20.2. The van der Waals surface area contributed by atoms with Gasteiger partial charge in [0.2, 0.25) is 5.91 Å². The maximum Gasteiger partial charge on any atom is 0.248 e. The summed E-state index contributed by atoms with van der Waals surface area (Å²) in [4.78, 5) is 17.3. The maximum absolute atomic E-state index is 11.5. The van der Waals surface area contributed by atoms with Crippen molar-refractivity contribution in [2.75, 3.05) is 19.7 Å². The lowest BCUT2D eigenvalue weighted by Gasteiger charge is -2.38. The molecular formula is C22H17N3O3. The lowest BCUT2D eigenvalue weighted by molar-refractivity contribution is -0.142. The van der Waals surface area contributed by atoms with E-state index in [0.717, 1.165) is 45.2 Å². The van der Waals surface area contributed by atoms with E-state index in [4.69, 9.17) is 9.84 Å². The molecule has 3 aliphatic rings. The molecule has 2 bridgehead atoms. The number of ether oxygens (including phenoxy) is 1. The fraction of sp³-hybridized carbons (Fsp3) is 0.227. The van der Waals surface area contributed by atoms with Gasteiger partial charge in [-0.3, -0.25) is 9.78 Å². The topological polar surface area (TPSA) is 86.5 Å². The molecule has 1 fully saturated rings. The Kier molecular flexibility index (Phi) is 3.78. The molecule has 2 aromatic carbocycles. The highest BCUT2D eigenvalue weighted by molar-refractivity contribution is 5.93. The van der Waals surface area contributed by atoms with E-state index < -0.39 is 6.61 Å². The molecule has 0 unspecified atom stereocenters. The monoisotopic (exact) mass is 371 g/mol. The predicted octanol–water partition coefficient (Wildman–Crippen LogP) is 2.26. The quantitative estimate of drug-likeness (QED) is 0.595. The number of rotatable bonds is 4. The maximum atomic E-state index is 11.5. The minimum atomic E-state index is -0.477. The van der Waals surface area contributed by atoms with Gasteiger partial charge in [-0.15, -0.1) is 0 Å². The largest absolute Gasteiger partial charge is 0.486 e. The average molecular weight is 371 g/mol. The molecule has 2 aliphatic carbocycles. The van der Waals surface area contributed by atoms with Gasteiger partial charge in [-0.1, -0.05) is 6.07 Å². The standard InChI is InChI=1S/C22H17N3O3/c23-8-17-6-19(15-4-14(17)5-15)16-3-13-1-2-24-9-20(13)21(7-16)28-18-10-25(11-18)22(27)12-26/h1-4,6-7,9,18,26H,5,10-12H2. The van der Waals surface area contributed by atoms with Gasteiger partial charge in [0.05, 0.1) is 24.7 Å². The van der Waals surface area contributed by atoms with E-state index in [1.807, 2.05) is 18.2 Å². The normalized spacial score (nSPS) is 14.9. The molecule has 0 atom stereocenters. The molecule has 1 saturated heterocycles. The molecule has 138 valence electrons. The van der Waals surface area contributed by atoms with E-state index in [2.05, 4.69) is 23.2 Å². The molecule has 0 spiro atoms. The highest BCUT2D eigenvalue weighted by Gasteiger charge is 2.32. The number of aliphatic hydroxyl groups is 1. The lowest BCUT2D eigenvalue weighted by Crippen LogP contribution is -2.56. The molecule has 1 aromatic heterocycles. The van der Waals surface area contributed by atoms with Crippen molar-refractivity contribution in [1.82, 2.24) is 9.88 Å². The van der Waals surface area contributed by atoms with Crippen LogP contribution in [-0.4, -0.2) is 46.7 Å². The summed E-state index contributed by atoms with van der Waals surface area (Å²) in [6.45, 7) is 0.447. The van der Waals surface area contributed by atoms with Crippen LogP contribution in [0.4, 0.5) is 0 Å². The molecule has 0 radical (unpaired) electrons. The predicted molar refractivity (Wildman–Crippen MR) is 103 cm³/mol. The number of likely N-dealkylation sites (tertiary alicyclic amines) is 1. The van der Waals surface area contributed by atoms with Crippen LogP contribution in [0.15, 0.2) is 42.7 Å². The Balaban J connectivity index is 1.51. The fourth-order valence-corrected chi connectivity index (χ4v) is 3.85. The van der Waals surface area contributed by atoms with Gasteiger partial charge >= 0.3 is 0 Å². The number of carbonyl (C=O) groups excluding carboxylic acids is 1. The van der Waals surface area contributed by atoms with Crippen molar-refractivity contribution in [3.63, 3.8) is 0 Å². The number of pyridine rings is 1. The Morgan fingerprint density at radius 1 is 1.29 bits per heavy atom. The van der Waals surface area contributed by atoms with E-state index in [1.165, 1.54) is 5.56 Å². The molecule has 0 saturated carbocycles. The van der Waals surface area contributed by atoms with Crippen LogP contribution in [0.25, 0.3) is 21.9 Å². The number of benzene rings is 2. The van der Waals surface area contributed by atoms with Crippen molar-refractivity contribution in [2.45, 2.75) is 12.5 Å². The first kappa shape index (κ1) is 16.7. The van der Waals surface area contributed by atoms with Gasteiger partial charge in [-0.05, 0) is 58.3 Å². The van der Waals surface area contributed by atoms with Crippen LogP contribution in [0.1, 0.15) is 16.7 Å². The minimum Gasteiger partial charge on any atom is -0.486 e. The van der Waals surface area contributed by atoms with Gasteiger partial charge in [0.15, 0.2) is 0 Å². The van der Waals surface area contributed by atoms with Crippen LogP contribution in [0.2, 0.25) is 0 Å². The van der Waals surface area contributed by atoms with Crippen molar-refractivity contribution in [3.05, 3.63) is 59.4 Å². The van der Waals surface area contributed by atoms with Crippen LogP contribution in [0.3, 0.4) is 0 Å². The van der Waals surface area contributed by atoms with Crippen LogP contribution in [0, 0.1) is 11.3 Å². The fourth-order valence-electron chi connectivity index (χ4n) is 3.85. The molecule has 6 rings (SSSR count). The average Bonchev–Trinajstić information content (AvgIpc) is 2.68. The number of nitriles is 1. The first-order valence-electron chi connectivity index (χ1n) is 9.15. The summed E-state index contributed by atoms with van der Waals surface area (Å²) in [5.74, 6) is 0.437. The third-order valence-corrected chi connectivity index (χ3v) is 5.49. The molecular weight excluding hydrogens is 354 g/mol. The molecule has 6 heteroatoms. The van der Waals surface area contributed by atoms with Gasteiger partial charge in [0.25, 0.3) is 0 Å². The second kappa shape index (κ2) is 6.32. The third kappa shape index (κ3) is 2.60. The summed E-state index contributed by atoms with van der Waals surface area (Å²) in [5.41, 5.74) is 5.12. The van der Waals surface area contributed by atoms with Crippen molar-refractivity contribution in [2.24, 2.45) is 0 Å². The highest BCUT2D eigenvalue weighted by Crippen LogP contribution is 2.39. The number of aromatic nitrogens is 1. The third-order valence-electron chi connectivity index (χ3n) is 5.49. The van der Waals surface area contributed by atoms with Crippen molar-refractivity contribution < 1.29 is 14.6 Å². The summed E-state index contributed by atoms with van der Waals surface area (Å²) in [6, 6.07) is 12.3. The van der Waals surface area contributed by atoms with Crippen molar-refractivity contribution in [1.29, 1.82) is 5.26 Å². The SMILES string of the molecule is N#Cc1cc(-c2cc(OC3CN(C(=O)CO)C3)c3cnccc3c2)c2cc1C2. The van der Waals surface area contributed by atoms with E-state index in [-0.39, 0.29) is 12.0 Å².